The molecule has 0 aromatic heterocycles. The topological polar surface area (TPSA) is 86.6 Å². The Morgan fingerprint density at radius 3 is 2.38 bits per heavy atom. The Morgan fingerprint density at radius 2 is 1.74 bits per heavy atom. The third-order valence-corrected chi connectivity index (χ3v) is 5.54. The quantitative estimate of drug-likeness (QED) is 0.509. The normalized spacial score (nSPS) is 13.7. The van der Waals surface area contributed by atoms with Gasteiger partial charge in [0.2, 0.25) is 0 Å². The lowest BCUT2D eigenvalue weighted by molar-refractivity contribution is -0.110. The van der Waals surface area contributed by atoms with E-state index in [9.17, 15) is 10.1 Å². The number of nitriles is 1. The standard InChI is InChI=1S/C27H26N4O3/c1-31(2)16-17-5-9-20(10-6-17)29-26(19-8-12-23(33-3)24(14-19)34-4)25-21-11-7-18(15-28)13-22(21)30-27(25)32/h5-14,29H,16H2,1-4H3,(H,30,32)/b26-25-. The molecule has 2 N–H and O–H groups in total. The van der Waals surface area contributed by atoms with Crippen molar-refractivity contribution in [3.8, 4) is 17.6 Å². The highest BCUT2D eigenvalue weighted by molar-refractivity contribution is 6.37. The molecule has 1 aliphatic heterocycles. The molecule has 0 spiro atoms. The fraction of sp³-hybridized carbons (Fsp3) is 0.185. The number of amides is 1. The second kappa shape index (κ2) is 9.69. The minimum atomic E-state index is -0.244. The number of carbonyl (C=O) groups excluding carboxylic acids is 1. The Labute approximate surface area is 199 Å². The first-order valence-electron chi connectivity index (χ1n) is 10.8. The molecule has 0 saturated heterocycles. The first-order chi connectivity index (χ1) is 16.4. The SMILES string of the molecule is COc1ccc(/C(Nc2ccc(CN(C)C)cc2)=C2/C(=O)Nc3cc(C#N)ccc32)cc1OC. The number of nitrogens with zero attached hydrogens (tertiary/aromatic N) is 2. The highest BCUT2D eigenvalue weighted by Crippen LogP contribution is 2.40. The summed E-state index contributed by atoms with van der Waals surface area (Å²) in [7, 11) is 7.21. The molecule has 1 heterocycles. The lowest BCUT2D eigenvalue weighted by Crippen LogP contribution is -2.11. The average Bonchev–Trinajstić information content (AvgIpc) is 3.17. The van der Waals surface area contributed by atoms with Crippen LogP contribution < -0.4 is 20.1 Å². The lowest BCUT2D eigenvalue weighted by Gasteiger charge is -2.17. The van der Waals surface area contributed by atoms with Gasteiger partial charge in [-0.05, 0) is 62.1 Å². The van der Waals surface area contributed by atoms with Crippen molar-refractivity contribution in [3.63, 3.8) is 0 Å². The second-order valence-electron chi connectivity index (χ2n) is 8.21. The van der Waals surface area contributed by atoms with Crippen molar-refractivity contribution in [1.82, 2.24) is 4.90 Å². The van der Waals surface area contributed by atoms with Gasteiger partial charge in [0.25, 0.3) is 5.91 Å². The number of hydrogen-bond acceptors (Lipinski definition) is 6. The minimum Gasteiger partial charge on any atom is -0.493 e. The Hall–Kier alpha value is -4.28. The smallest absolute Gasteiger partial charge is 0.258 e. The summed E-state index contributed by atoms with van der Waals surface area (Å²) in [5.41, 5.74) is 5.73. The number of rotatable bonds is 7. The van der Waals surface area contributed by atoms with Gasteiger partial charge >= 0.3 is 0 Å². The molecule has 0 fully saturated rings. The Balaban J connectivity index is 1.85. The number of carbonyl (C=O) groups is 1. The summed E-state index contributed by atoms with van der Waals surface area (Å²) in [6.45, 7) is 0.834. The summed E-state index contributed by atoms with van der Waals surface area (Å²) in [4.78, 5) is 15.2. The highest BCUT2D eigenvalue weighted by atomic mass is 16.5. The molecule has 0 atom stereocenters. The summed E-state index contributed by atoms with van der Waals surface area (Å²) in [5, 5.41) is 15.6. The molecule has 1 amide bonds. The summed E-state index contributed by atoms with van der Waals surface area (Å²) in [5.74, 6) is 0.907. The van der Waals surface area contributed by atoms with Gasteiger partial charge in [-0.15, -0.1) is 0 Å². The number of ether oxygens (including phenoxy) is 2. The summed E-state index contributed by atoms with van der Waals surface area (Å²) in [6.07, 6.45) is 0. The number of nitrogens with one attached hydrogen (secondary N) is 2. The number of fused-ring (bicyclic) bond motifs is 1. The van der Waals surface area contributed by atoms with Crippen LogP contribution in [0.25, 0.3) is 11.3 Å². The van der Waals surface area contributed by atoms with E-state index in [2.05, 4.69) is 33.7 Å². The van der Waals surface area contributed by atoms with Crippen molar-refractivity contribution in [3.05, 3.63) is 82.9 Å². The zero-order valence-corrected chi connectivity index (χ0v) is 19.6. The van der Waals surface area contributed by atoms with E-state index < -0.39 is 0 Å². The Kier molecular flexibility index (Phi) is 6.53. The van der Waals surface area contributed by atoms with Crippen LogP contribution in [0.1, 0.15) is 22.3 Å². The van der Waals surface area contributed by atoms with Gasteiger partial charge in [0.05, 0.1) is 42.8 Å². The maximum Gasteiger partial charge on any atom is 0.258 e. The van der Waals surface area contributed by atoms with Gasteiger partial charge in [-0.1, -0.05) is 18.2 Å². The van der Waals surface area contributed by atoms with Crippen molar-refractivity contribution in [2.45, 2.75) is 6.54 Å². The molecule has 7 heteroatoms. The molecule has 0 aliphatic carbocycles. The second-order valence-corrected chi connectivity index (χ2v) is 8.21. The predicted octanol–water partition coefficient (Wildman–Crippen LogP) is 4.57. The fourth-order valence-corrected chi connectivity index (χ4v) is 3.96. The van der Waals surface area contributed by atoms with E-state index in [1.807, 2.05) is 44.4 Å². The van der Waals surface area contributed by atoms with Crippen LogP contribution in [0.3, 0.4) is 0 Å². The van der Waals surface area contributed by atoms with E-state index in [0.29, 0.717) is 34.0 Å². The molecular weight excluding hydrogens is 428 g/mol. The first-order valence-corrected chi connectivity index (χ1v) is 10.8. The van der Waals surface area contributed by atoms with Crippen LogP contribution in [0.5, 0.6) is 11.5 Å². The first kappa shape index (κ1) is 22.9. The monoisotopic (exact) mass is 454 g/mol. The van der Waals surface area contributed by atoms with E-state index in [-0.39, 0.29) is 5.91 Å². The largest absolute Gasteiger partial charge is 0.493 e. The Bertz CT molecular complexity index is 1300. The van der Waals surface area contributed by atoms with E-state index >= 15 is 0 Å². The number of anilines is 2. The van der Waals surface area contributed by atoms with Gasteiger partial charge in [-0.25, -0.2) is 0 Å². The van der Waals surface area contributed by atoms with E-state index in [0.717, 1.165) is 23.4 Å². The maximum atomic E-state index is 13.1. The zero-order valence-electron chi connectivity index (χ0n) is 19.6. The summed E-state index contributed by atoms with van der Waals surface area (Å²) < 4.78 is 10.9. The molecule has 0 unspecified atom stereocenters. The summed E-state index contributed by atoms with van der Waals surface area (Å²) >= 11 is 0. The van der Waals surface area contributed by atoms with Gasteiger partial charge in [0, 0.05) is 23.4 Å². The van der Waals surface area contributed by atoms with Crippen molar-refractivity contribution >= 4 is 28.6 Å². The van der Waals surface area contributed by atoms with Crippen molar-refractivity contribution in [2.24, 2.45) is 0 Å². The fourth-order valence-electron chi connectivity index (χ4n) is 3.96. The minimum absolute atomic E-state index is 0.244. The highest BCUT2D eigenvalue weighted by Gasteiger charge is 2.29. The van der Waals surface area contributed by atoms with Gasteiger partial charge in [0.1, 0.15) is 0 Å². The average molecular weight is 455 g/mol. The Morgan fingerprint density at radius 1 is 1.00 bits per heavy atom. The molecule has 3 aromatic rings. The third-order valence-electron chi connectivity index (χ3n) is 5.54. The van der Waals surface area contributed by atoms with Crippen molar-refractivity contribution < 1.29 is 14.3 Å². The molecule has 34 heavy (non-hydrogen) atoms. The molecule has 172 valence electrons. The molecule has 0 bridgehead atoms. The number of hydrogen-bond donors (Lipinski definition) is 2. The number of methoxy groups -OCH3 is 2. The molecule has 0 radical (unpaired) electrons. The van der Waals surface area contributed by atoms with Gasteiger partial charge in [-0.3, -0.25) is 4.79 Å². The van der Waals surface area contributed by atoms with Gasteiger partial charge < -0.3 is 25.0 Å². The van der Waals surface area contributed by atoms with Crippen LogP contribution in [0, 0.1) is 11.3 Å². The number of benzene rings is 3. The molecular formula is C27H26N4O3. The van der Waals surface area contributed by atoms with E-state index in [4.69, 9.17) is 9.47 Å². The maximum absolute atomic E-state index is 13.1. The van der Waals surface area contributed by atoms with Crippen LogP contribution in [-0.4, -0.2) is 39.1 Å². The molecule has 7 nitrogen and oxygen atoms in total. The summed E-state index contributed by atoms with van der Waals surface area (Å²) in [6, 6.07) is 20.9. The molecule has 0 saturated carbocycles. The van der Waals surface area contributed by atoms with Crippen molar-refractivity contribution in [1.29, 1.82) is 5.26 Å². The zero-order chi connectivity index (χ0) is 24.2. The predicted molar refractivity (Wildman–Crippen MR) is 134 cm³/mol. The molecule has 3 aromatic carbocycles. The molecule has 4 rings (SSSR count). The molecule has 1 aliphatic rings. The van der Waals surface area contributed by atoms with Crippen LogP contribution in [0.2, 0.25) is 0 Å². The van der Waals surface area contributed by atoms with Crippen LogP contribution in [-0.2, 0) is 11.3 Å². The van der Waals surface area contributed by atoms with Gasteiger partial charge in [0.15, 0.2) is 11.5 Å². The van der Waals surface area contributed by atoms with E-state index in [1.54, 1.807) is 32.4 Å². The van der Waals surface area contributed by atoms with Gasteiger partial charge in [-0.2, -0.15) is 5.26 Å². The van der Waals surface area contributed by atoms with E-state index in [1.165, 1.54) is 5.56 Å². The van der Waals surface area contributed by atoms with Crippen LogP contribution in [0.4, 0.5) is 11.4 Å². The lowest BCUT2D eigenvalue weighted by atomic mass is 9.98. The van der Waals surface area contributed by atoms with Crippen LogP contribution >= 0.6 is 0 Å². The van der Waals surface area contributed by atoms with Crippen molar-refractivity contribution in [2.75, 3.05) is 38.9 Å². The third kappa shape index (κ3) is 4.58. The van der Waals surface area contributed by atoms with Crippen LogP contribution in [0.15, 0.2) is 60.7 Å².